The van der Waals surface area contributed by atoms with Crippen LogP contribution in [0.25, 0.3) is 22.2 Å². The normalized spacial score (nSPS) is 13.8. The molecule has 1 fully saturated rings. The lowest BCUT2D eigenvalue weighted by Gasteiger charge is -2.26. The number of nitrogens with zero attached hydrogens (tertiary/aromatic N) is 3. The highest BCUT2D eigenvalue weighted by Gasteiger charge is 2.27. The second-order valence-electron chi connectivity index (χ2n) is 12.1. The fourth-order valence-corrected chi connectivity index (χ4v) is 7.12. The molecule has 3 nitrogen and oxygen atoms in total. The summed E-state index contributed by atoms with van der Waals surface area (Å²) in [7, 11) is 2.21. The Kier molecular flexibility index (Phi) is 7.70. The molecule has 1 atom stereocenters. The summed E-state index contributed by atoms with van der Waals surface area (Å²) >= 11 is 0. The topological polar surface area (TPSA) is 11.4 Å². The number of rotatable bonds is 8. The maximum Gasteiger partial charge on any atom is 0.0530 e. The van der Waals surface area contributed by atoms with Crippen molar-refractivity contribution >= 4 is 28.0 Å². The maximum atomic E-state index is 2.52. The quantitative estimate of drug-likeness (QED) is 0.179. The van der Waals surface area contributed by atoms with Crippen LogP contribution in [0.15, 0.2) is 127 Å². The molecule has 2 heterocycles. The second-order valence-corrected chi connectivity index (χ2v) is 12.1. The lowest BCUT2D eigenvalue weighted by molar-refractivity contribution is 0.932. The molecule has 0 saturated carbocycles. The van der Waals surface area contributed by atoms with E-state index in [-0.39, 0.29) is 5.92 Å². The molecule has 0 N–H and O–H groups in total. The van der Waals surface area contributed by atoms with Crippen molar-refractivity contribution in [3.05, 3.63) is 150 Å². The van der Waals surface area contributed by atoms with Crippen LogP contribution in [0, 0.1) is 6.92 Å². The van der Waals surface area contributed by atoms with Crippen molar-refractivity contribution in [3.8, 4) is 11.3 Å². The zero-order valence-corrected chi connectivity index (χ0v) is 26.1. The minimum atomic E-state index is 0.0763. The van der Waals surface area contributed by atoms with Crippen LogP contribution >= 0.6 is 0 Å². The van der Waals surface area contributed by atoms with Crippen LogP contribution in [-0.4, -0.2) is 24.2 Å². The van der Waals surface area contributed by atoms with Crippen molar-refractivity contribution in [1.29, 1.82) is 0 Å². The van der Waals surface area contributed by atoms with E-state index in [2.05, 4.69) is 163 Å². The Balaban J connectivity index is 1.39. The third-order valence-electron chi connectivity index (χ3n) is 9.38. The van der Waals surface area contributed by atoms with Crippen molar-refractivity contribution in [3.63, 3.8) is 0 Å². The van der Waals surface area contributed by atoms with Gasteiger partial charge in [-0.1, -0.05) is 90.5 Å². The van der Waals surface area contributed by atoms with Crippen LogP contribution in [0.1, 0.15) is 47.9 Å². The Labute approximate surface area is 262 Å². The molecule has 1 aliphatic heterocycles. The van der Waals surface area contributed by atoms with Gasteiger partial charge in [0.15, 0.2) is 0 Å². The maximum absolute atomic E-state index is 2.52. The molecule has 220 valence electrons. The summed E-state index contributed by atoms with van der Waals surface area (Å²) in [5.41, 5.74) is 12.8. The number of aromatic nitrogens is 1. The van der Waals surface area contributed by atoms with E-state index in [9.17, 15) is 0 Å². The first-order valence-corrected chi connectivity index (χ1v) is 16.0. The van der Waals surface area contributed by atoms with E-state index in [0.717, 1.165) is 19.6 Å². The van der Waals surface area contributed by atoms with Crippen molar-refractivity contribution < 1.29 is 0 Å². The SMILES string of the molecule is CCN(c1ccc(C)cc1)c1ccc(C(c2ccc(N3CCCC3)cc2)c2c(-c3ccccc3)n(C)c3ccccc23)cc1. The third-order valence-corrected chi connectivity index (χ3v) is 9.38. The zero-order valence-electron chi connectivity index (χ0n) is 26.1. The summed E-state index contributed by atoms with van der Waals surface area (Å²) < 4.78 is 2.39. The van der Waals surface area contributed by atoms with Crippen LogP contribution in [0.5, 0.6) is 0 Å². The number of benzene rings is 5. The molecule has 44 heavy (non-hydrogen) atoms. The minimum absolute atomic E-state index is 0.0763. The predicted molar refractivity (Wildman–Crippen MR) is 187 cm³/mol. The van der Waals surface area contributed by atoms with E-state index in [1.807, 2.05) is 0 Å². The monoisotopic (exact) mass is 575 g/mol. The van der Waals surface area contributed by atoms with E-state index in [4.69, 9.17) is 0 Å². The lowest BCUT2D eigenvalue weighted by atomic mass is 9.82. The van der Waals surface area contributed by atoms with Gasteiger partial charge in [-0.2, -0.15) is 0 Å². The Hall–Kier alpha value is -4.76. The molecule has 5 aromatic carbocycles. The number of fused-ring (bicyclic) bond motifs is 1. The van der Waals surface area contributed by atoms with Gasteiger partial charge in [0, 0.05) is 60.6 Å². The van der Waals surface area contributed by atoms with Crippen LogP contribution in [0.4, 0.5) is 17.1 Å². The Morgan fingerprint density at radius 1 is 0.659 bits per heavy atom. The smallest absolute Gasteiger partial charge is 0.0530 e. The van der Waals surface area contributed by atoms with Crippen LogP contribution in [-0.2, 0) is 7.05 Å². The van der Waals surface area contributed by atoms with E-state index in [1.165, 1.54) is 74.3 Å². The fraction of sp³-hybridized carbons (Fsp3) is 0.220. The summed E-state index contributed by atoms with van der Waals surface area (Å²) in [6.45, 7) is 7.58. The van der Waals surface area contributed by atoms with Crippen molar-refractivity contribution in [2.75, 3.05) is 29.4 Å². The molecule has 1 aliphatic rings. The molecule has 1 aromatic heterocycles. The van der Waals surface area contributed by atoms with Crippen LogP contribution < -0.4 is 9.80 Å². The zero-order chi connectivity index (χ0) is 30.0. The van der Waals surface area contributed by atoms with Gasteiger partial charge < -0.3 is 14.4 Å². The highest BCUT2D eigenvalue weighted by atomic mass is 15.1. The van der Waals surface area contributed by atoms with Crippen molar-refractivity contribution in [2.24, 2.45) is 7.05 Å². The number of anilines is 3. The molecule has 1 unspecified atom stereocenters. The molecular weight excluding hydrogens is 534 g/mol. The van der Waals surface area contributed by atoms with Gasteiger partial charge in [-0.05, 0) is 91.4 Å². The van der Waals surface area contributed by atoms with Gasteiger partial charge in [-0.25, -0.2) is 0 Å². The molecule has 3 heteroatoms. The Morgan fingerprint density at radius 3 is 1.86 bits per heavy atom. The van der Waals surface area contributed by atoms with E-state index >= 15 is 0 Å². The van der Waals surface area contributed by atoms with Crippen LogP contribution in [0.2, 0.25) is 0 Å². The molecular formula is C41H41N3. The fourth-order valence-electron chi connectivity index (χ4n) is 7.12. The average molecular weight is 576 g/mol. The van der Waals surface area contributed by atoms with Gasteiger partial charge in [-0.15, -0.1) is 0 Å². The van der Waals surface area contributed by atoms with Gasteiger partial charge in [0.05, 0.1) is 5.69 Å². The molecule has 1 saturated heterocycles. The minimum Gasteiger partial charge on any atom is -0.372 e. The van der Waals surface area contributed by atoms with E-state index in [0.29, 0.717) is 0 Å². The van der Waals surface area contributed by atoms with Gasteiger partial charge in [0.25, 0.3) is 0 Å². The largest absolute Gasteiger partial charge is 0.372 e. The van der Waals surface area contributed by atoms with Crippen LogP contribution in [0.3, 0.4) is 0 Å². The van der Waals surface area contributed by atoms with Crippen molar-refractivity contribution in [2.45, 2.75) is 32.6 Å². The molecule has 0 amide bonds. The Morgan fingerprint density at radius 2 is 1.23 bits per heavy atom. The standard InChI is InChI=1S/C41H41N3/c1-4-44(35-22-16-30(2)17-23-35)36-26-20-32(21-27-36)39(31-18-24-34(25-19-31)43-28-10-11-29-43)40-37-14-8-9-15-38(37)42(3)41(40)33-12-6-5-7-13-33/h5-9,12-27,39H,4,10-11,28-29H2,1-3H3. The van der Waals surface area contributed by atoms with E-state index < -0.39 is 0 Å². The molecule has 0 spiro atoms. The number of hydrogen-bond donors (Lipinski definition) is 0. The van der Waals surface area contributed by atoms with Gasteiger partial charge in [-0.3, -0.25) is 0 Å². The Bertz CT molecular complexity index is 1840. The van der Waals surface area contributed by atoms with Gasteiger partial charge >= 0.3 is 0 Å². The summed E-state index contributed by atoms with van der Waals surface area (Å²) in [5.74, 6) is 0.0763. The van der Waals surface area contributed by atoms with Gasteiger partial charge in [0.1, 0.15) is 0 Å². The summed E-state index contributed by atoms with van der Waals surface area (Å²) in [4.78, 5) is 4.90. The van der Waals surface area contributed by atoms with E-state index in [1.54, 1.807) is 0 Å². The number of para-hydroxylation sites is 1. The first-order valence-electron chi connectivity index (χ1n) is 16.0. The number of hydrogen-bond acceptors (Lipinski definition) is 2. The van der Waals surface area contributed by atoms with Crippen molar-refractivity contribution in [1.82, 2.24) is 4.57 Å². The predicted octanol–water partition coefficient (Wildman–Crippen LogP) is 10.1. The first-order chi connectivity index (χ1) is 21.6. The first kappa shape index (κ1) is 28.0. The molecule has 7 rings (SSSR count). The summed E-state index contributed by atoms with van der Waals surface area (Å²) in [6.07, 6.45) is 2.56. The highest BCUT2D eigenvalue weighted by Crippen LogP contribution is 2.44. The molecule has 0 radical (unpaired) electrons. The number of aryl methyl sites for hydroxylation is 2. The average Bonchev–Trinajstić information content (AvgIpc) is 3.71. The summed E-state index contributed by atoms with van der Waals surface area (Å²) in [6, 6.07) is 47.3. The summed E-state index contributed by atoms with van der Waals surface area (Å²) in [5, 5.41) is 1.31. The third kappa shape index (κ3) is 5.17. The molecule has 0 bridgehead atoms. The van der Waals surface area contributed by atoms with Gasteiger partial charge in [0.2, 0.25) is 0 Å². The second kappa shape index (κ2) is 12.1. The lowest BCUT2D eigenvalue weighted by Crippen LogP contribution is -2.17. The molecule has 6 aromatic rings. The highest BCUT2D eigenvalue weighted by molar-refractivity contribution is 5.93. The molecule has 0 aliphatic carbocycles.